The molecule has 1 aliphatic rings. The molecule has 1 aliphatic carbocycles. The molecule has 1 aromatic carbocycles. The third-order valence-electron chi connectivity index (χ3n) is 5.44. The number of methoxy groups -OCH3 is 1. The van der Waals surface area contributed by atoms with Gasteiger partial charge in [-0.1, -0.05) is 27.7 Å². The zero-order valence-corrected chi connectivity index (χ0v) is 22.1. The van der Waals surface area contributed by atoms with Crippen LogP contribution in [0.1, 0.15) is 46.4 Å². The van der Waals surface area contributed by atoms with E-state index in [2.05, 4.69) is 31.4 Å². The second kappa shape index (κ2) is 11.4. The normalized spacial score (nSPS) is 12.8. The van der Waals surface area contributed by atoms with Crippen LogP contribution in [0.25, 0.3) is 0 Å². The lowest BCUT2D eigenvalue weighted by Gasteiger charge is -2.11. The number of esters is 1. The number of carbonyl (C=O) groups excluding carboxylic acids is 2. The summed E-state index contributed by atoms with van der Waals surface area (Å²) < 4.78 is 13.7. The molecule has 0 aliphatic heterocycles. The third-order valence-corrected chi connectivity index (χ3v) is 8.14. The molecule has 0 radical (unpaired) electrons. The average Bonchev–Trinajstić information content (AvgIpc) is 3.42. The van der Waals surface area contributed by atoms with Crippen LogP contribution in [0.3, 0.4) is 0 Å². The number of aryl methyl sites for hydroxylation is 1. The Bertz CT molecular complexity index is 1180. The number of rotatable bonds is 9. The van der Waals surface area contributed by atoms with Crippen LogP contribution in [0.4, 0.5) is 5.00 Å². The van der Waals surface area contributed by atoms with Crippen LogP contribution >= 0.6 is 39.0 Å². The van der Waals surface area contributed by atoms with Crippen LogP contribution in [-0.2, 0) is 35.5 Å². The van der Waals surface area contributed by atoms with Gasteiger partial charge in [0.1, 0.15) is 17.4 Å². The number of aromatic nitrogens is 3. The number of benzene rings is 1. The summed E-state index contributed by atoms with van der Waals surface area (Å²) in [6.07, 6.45) is 3.90. The van der Waals surface area contributed by atoms with Crippen molar-refractivity contribution in [1.29, 1.82) is 0 Å². The number of amides is 1. The molecule has 4 rings (SSSR count). The zero-order valence-electron chi connectivity index (χ0n) is 18.9. The molecule has 34 heavy (non-hydrogen) atoms. The van der Waals surface area contributed by atoms with Crippen LogP contribution in [0.15, 0.2) is 33.9 Å². The summed E-state index contributed by atoms with van der Waals surface area (Å²) in [4.78, 5) is 26.3. The number of anilines is 1. The maximum Gasteiger partial charge on any atom is 0.341 e. The molecule has 0 unspecified atom stereocenters. The largest absolute Gasteiger partial charge is 0.486 e. The highest BCUT2D eigenvalue weighted by atomic mass is 79.9. The first-order valence-electron chi connectivity index (χ1n) is 11.0. The number of hydrogen-bond acceptors (Lipinski definition) is 8. The highest BCUT2D eigenvalue weighted by molar-refractivity contribution is 9.10. The zero-order chi connectivity index (χ0) is 24.1. The van der Waals surface area contributed by atoms with Crippen molar-refractivity contribution in [3.8, 4) is 5.75 Å². The molecule has 180 valence electrons. The topological polar surface area (TPSA) is 95.3 Å². The number of fused-ring (bicyclic) bond motifs is 1. The summed E-state index contributed by atoms with van der Waals surface area (Å²) in [5.74, 6) is 0.972. The molecule has 2 heterocycles. The third kappa shape index (κ3) is 5.64. The first kappa shape index (κ1) is 24.7. The average molecular weight is 566 g/mol. The minimum absolute atomic E-state index is 0.148. The Morgan fingerprint density at radius 3 is 2.71 bits per heavy atom. The molecule has 0 atom stereocenters. The van der Waals surface area contributed by atoms with Crippen molar-refractivity contribution in [3.05, 3.63) is 50.6 Å². The predicted octanol–water partition coefficient (Wildman–Crippen LogP) is 5.10. The van der Waals surface area contributed by atoms with E-state index in [1.165, 1.54) is 30.2 Å². The van der Waals surface area contributed by atoms with Gasteiger partial charge in [-0.05, 0) is 62.4 Å². The van der Waals surface area contributed by atoms with E-state index in [0.29, 0.717) is 28.1 Å². The quantitative estimate of drug-likeness (QED) is 0.285. The molecule has 0 saturated carbocycles. The molecule has 0 bridgehead atoms. The summed E-state index contributed by atoms with van der Waals surface area (Å²) in [7, 11) is 1.37. The first-order chi connectivity index (χ1) is 16.5. The van der Waals surface area contributed by atoms with Gasteiger partial charge in [-0.25, -0.2) is 4.79 Å². The lowest BCUT2D eigenvalue weighted by molar-refractivity contribution is -0.113. The molecular formula is C23H25BrN4O4S2. The minimum atomic E-state index is -0.400. The number of nitrogens with one attached hydrogen (secondary N) is 1. The molecule has 0 fully saturated rings. The Hall–Kier alpha value is -2.37. The molecule has 1 N–H and O–H groups in total. The van der Waals surface area contributed by atoms with E-state index < -0.39 is 5.97 Å². The Labute approximate surface area is 214 Å². The number of thioether (sulfide) groups is 1. The fourth-order valence-corrected chi connectivity index (χ4v) is 6.17. The fourth-order valence-electron chi connectivity index (χ4n) is 3.79. The maximum absolute atomic E-state index is 12.7. The number of nitrogens with zero attached hydrogens (tertiary/aromatic N) is 3. The van der Waals surface area contributed by atoms with Crippen LogP contribution in [-0.4, -0.2) is 39.5 Å². The van der Waals surface area contributed by atoms with Crippen molar-refractivity contribution in [1.82, 2.24) is 14.8 Å². The van der Waals surface area contributed by atoms with Crippen LogP contribution < -0.4 is 10.1 Å². The highest BCUT2D eigenvalue weighted by Gasteiger charge is 2.27. The van der Waals surface area contributed by atoms with Crippen LogP contribution in [0.5, 0.6) is 5.75 Å². The van der Waals surface area contributed by atoms with Gasteiger partial charge in [0.15, 0.2) is 11.0 Å². The molecule has 11 heteroatoms. The van der Waals surface area contributed by atoms with Crippen LogP contribution in [0.2, 0.25) is 0 Å². The smallest absolute Gasteiger partial charge is 0.341 e. The lowest BCUT2D eigenvalue weighted by Crippen LogP contribution is -2.17. The Morgan fingerprint density at radius 2 is 1.97 bits per heavy atom. The Balaban J connectivity index is 1.39. The number of thiophene rings is 1. The monoisotopic (exact) mass is 564 g/mol. The van der Waals surface area contributed by atoms with Gasteiger partial charge in [0, 0.05) is 15.9 Å². The van der Waals surface area contributed by atoms with Crippen molar-refractivity contribution in [2.75, 3.05) is 18.2 Å². The minimum Gasteiger partial charge on any atom is -0.486 e. The SMILES string of the molecule is CCn1c(COc2ccc(Br)cc2)nnc1SCC(=O)Nc1sc2c(c1C(=O)OC)CCCC2. The maximum atomic E-state index is 12.7. The van der Waals surface area contributed by atoms with Gasteiger partial charge in [-0.2, -0.15) is 0 Å². The summed E-state index contributed by atoms with van der Waals surface area (Å²) in [5.41, 5.74) is 1.52. The second-order valence-corrected chi connectivity index (χ2v) is 10.6. The Morgan fingerprint density at radius 1 is 1.21 bits per heavy atom. The molecule has 0 spiro atoms. The van der Waals surface area contributed by atoms with Crippen LogP contribution in [0, 0.1) is 0 Å². The number of carbonyl (C=O) groups is 2. The van der Waals surface area contributed by atoms with Crippen molar-refractivity contribution < 1.29 is 19.1 Å². The van der Waals surface area contributed by atoms with E-state index in [4.69, 9.17) is 9.47 Å². The van der Waals surface area contributed by atoms with E-state index in [0.717, 1.165) is 46.3 Å². The van der Waals surface area contributed by atoms with Crippen molar-refractivity contribution >= 4 is 55.9 Å². The summed E-state index contributed by atoms with van der Waals surface area (Å²) in [6, 6.07) is 7.58. The second-order valence-electron chi connectivity index (χ2n) is 7.63. The van der Waals surface area contributed by atoms with E-state index in [9.17, 15) is 9.59 Å². The van der Waals surface area contributed by atoms with Crippen molar-refractivity contribution in [2.24, 2.45) is 0 Å². The number of hydrogen-bond donors (Lipinski definition) is 1. The molecule has 8 nitrogen and oxygen atoms in total. The molecule has 2 aromatic heterocycles. The van der Waals surface area contributed by atoms with Crippen molar-refractivity contribution in [2.45, 2.75) is 50.9 Å². The summed E-state index contributed by atoms with van der Waals surface area (Å²) in [5, 5.41) is 12.6. The van der Waals surface area contributed by atoms with E-state index in [1.54, 1.807) is 0 Å². The summed E-state index contributed by atoms with van der Waals surface area (Å²) in [6.45, 7) is 2.92. The Kier molecular flexibility index (Phi) is 8.28. The number of halogens is 1. The number of ether oxygens (including phenoxy) is 2. The van der Waals surface area contributed by atoms with Crippen molar-refractivity contribution in [3.63, 3.8) is 0 Å². The van der Waals surface area contributed by atoms with Gasteiger partial charge in [0.25, 0.3) is 0 Å². The molecule has 1 amide bonds. The molecule has 3 aromatic rings. The van der Waals surface area contributed by atoms with Gasteiger partial charge in [0.2, 0.25) is 5.91 Å². The summed E-state index contributed by atoms with van der Waals surface area (Å²) >= 11 is 6.19. The predicted molar refractivity (Wildman–Crippen MR) is 136 cm³/mol. The van der Waals surface area contributed by atoms with Gasteiger partial charge in [-0.3, -0.25) is 4.79 Å². The first-order valence-corrected chi connectivity index (χ1v) is 13.6. The van der Waals surface area contributed by atoms with Gasteiger partial charge < -0.3 is 19.4 Å². The fraction of sp³-hybridized carbons (Fsp3) is 0.391. The van der Waals surface area contributed by atoms with Gasteiger partial charge in [-0.15, -0.1) is 21.5 Å². The standard InChI is InChI=1S/C23H25BrN4O4S2/c1-3-28-18(12-32-15-10-8-14(24)9-11-15)26-27-23(28)33-13-19(29)25-21-20(22(30)31-2)16-6-4-5-7-17(16)34-21/h8-11H,3-7,12-13H2,1-2H3,(H,25,29). The lowest BCUT2D eigenvalue weighted by atomic mass is 9.95. The van der Waals surface area contributed by atoms with Gasteiger partial charge >= 0.3 is 5.97 Å². The van der Waals surface area contributed by atoms with Gasteiger partial charge in [0.05, 0.1) is 18.4 Å². The molecule has 0 saturated heterocycles. The highest BCUT2D eigenvalue weighted by Crippen LogP contribution is 2.38. The van der Waals surface area contributed by atoms with E-state index in [1.807, 2.05) is 35.8 Å². The van der Waals surface area contributed by atoms with E-state index in [-0.39, 0.29) is 18.3 Å². The van der Waals surface area contributed by atoms with E-state index >= 15 is 0 Å². The molecular weight excluding hydrogens is 540 g/mol.